The summed E-state index contributed by atoms with van der Waals surface area (Å²) in [5.74, 6) is -1.37. The Balaban J connectivity index is 1.73. The van der Waals surface area contributed by atoms with Gasteiger partial charge >= 0.3 is 5.97 Å². The molecule has 2 saturated heterocycles. The second-order valence-corrected chi connectivity index (χ2v) is 10.8. The standard InChI is InChI=1S/C20H31N3O6S2/c1-4-22(29)19(26)17(30-5-2)13-8-11(9-21-13)31-16-10(3)14-12(6-7-24)18(25)23(14)15(16)20(27)28/h10-14,17,21,24,29H,4-9H2,1-3H3,(H,27,28)/t10-,11+,12+,13+,14-,17-/m1/s1. The van der Waals surface area contributed by atoms with Crippen molar-refractivity contribution in [3.63, 3.8) is 0 Å². The summed E-state index contributed by atoms with van der Waals surface area (Å²) in [6.45, 7) is 6.35. The number of fused-ring (bicyclic) bond motifs is 1. The molecule has 174 valence electrons. The summed E-state index contributed by atoms with van der Waals surface area (Å²) in [6, 6.07) is -0.335. The Hall–Kier alpha value is -1.27. The molecule has 3 rings (SSSR count). The topological polar surface area (TPSA) is 130 Å². The number of carboxylic acids is 1. The number of β-lactam (4-membered cyclic amide) rings is 1. The highest BCUT2D eigenvalue weighted by Crippen LogP contribution is 2.51. The van der Waals surface area contributed by atoms with Gasteiger partial charge in [0.25, 0.3) is 5.91 Å². The van der Waals surface area contributed by atoms with Crippen LogP contribution in [-0.4, -0.2) is 91.2 Å². The van der Waals surface area contributed by atoms with E-state index in [0.29, 0.717) is 24.3 Å². The number of amides is 2. The lowest BCUT2D eigenvalue weighted by Gasteiger charge is -2.45. The van der Waals surface area contributed by atoms with Crippen molar-refractivity contribution in [2.24, 2.45) is 11.8 Å². The van der Waals surface area contributed by atoms with Crippen molar-refractivity contribution in [1.29, 1.82) is 0 Å². The molecule has 3 heterocycles. The van der Waals surface area contributed by atoms with Crippen LogP contribution in [0.3, 0.4) is 0 Å². The minimum absolute atomic E-state index is 0.0587. The van der Waals surface area contributed by atoms with Gasteiger partial charge in [0.05, 0.1) is 12.0 Å². The molecule has 0 bridgehead atoms. The Kier molecular flexibility index (Phi) is 7.95. The summed E-state index contributed by atoms with van der Waals surface area (Å²) < 4.78 is 0. The van der Waals surface area contributed by atoms with Gasteiger partial charge in [-0.05, 0) is 25.5 Å². The first-order chi connectivity index (χ1) is 14.8. The lowest BCUT2D eigenvalue weighted by atomic mass is 9.80. The van der Waals surface area contributed by atoms with Gasteiger partial charge in [-0.3, -0.25) is 14.8 Å². The number of carbonyl (C=O) groups is 3. The minimum atomic E-state index is -1.11. The zero-order valence-corrected chi connectivity index (χ0v) is 19.6. The molecule has 3 aliphatic heterocycles. The van der Waals surface area contributed by atoms with Crippen LogP contribution in [0.4, 0.5) is 0 Å². The van der Waals surface area contributed by atoms with Crippen LogP contribution >= 0.6 is 23.5 Å². The van der Waals surface area contributed by atoms with E-state index in [1.165, 1.54) is 28.4 Å². The van der Waals surface area contributed by atoms with E-state index in [2.05, 4.69) is 5.32 Å². The lowest BCUT2D eigenvalue weighted by Crippen LogP contribution is -2.60. The van der Waals surface area contributed by atoms with Gasteiger partial charge in [0.2, 0.25) is 5.91 Å². The van der Waals surface area contributed by atoms with Crippen LogP contribution in [0.15, 0.2) is 10.6 Å². The molecule has 0 spiro atoms. The molecule has 0 saturated carbocycles. The third-order valence-electron chi connectivity index (χ3n) is 6.24. The predicted molar refractivity (Wildman–Crippen MR) is 119 cm³/mol. The average molecular weight is 474 g/mol. The van der Waals surface area contributed by atoms with Crippen molar-refractivity contribution in [1.82, 2.24) is 15.3 Å². The van der Waals surface area contributed by atoms with E-state index in [1.807, 2.05) is 13.8 Å². The Morgan fingerprint density at radius 2 is 2.06 bits per heavy atom. The fourth-order valence-electron chi connectivity index (χ4n) is 4.77. The highest BCUT2D eigenvalue weighted by atomic mass is 32.2. The molecule has 0 radical (unpaired) electrons. The quantitative estimate of drug-likeness (QED) is 0.208. The van der Waals surface area contributed by atoms with Crippen molar-refractivity contribution in [3.05, 3.63) is 10.6 Å². The maximum atomic E-state index is 12.6. The molecule has 0 aliphatic carbocycles. The first-order valence-electron chi connectivity index (χ1n) is 10.7. The highest BCUT2D eigenvalue weighted by molar-refractivity contribution is 8.03. The number of aliphatic carboxylic acids is 1. The third kappa shape index (κ3) is 4.47. The van der Waals surface area contributed by atoms with Crippen LogP contribution < -0.4 is 5.32 Å². The van der Waals surface area contributed by atoms with Crippen molar-refractivity contribution in [3.8, 4) is 0 Å². The summed E-state index contributed by atoms with van der Waals surface area (Å²) in [5, 5.41) is 32.7. The van der Waals surface area contributed by atoms with E-state index >= 15 is 0 Å². The van der Waals surface area contributed by atoms with Gasteiger partial charge < -0.3 is 20.4 Å². The molecular weight excluding hydrogens is 442 g/mol. The summed E-state index contributed by atoms with van der Waals surface area (Å²) >= 11 is 2.96. The van der Waals surface area contributed by atoms with Crippen molar-refractivity contribution < 1.29 is 29.8 Å². The number of nitrogens with zero attached hydrogens (tertiary/aromatic N) is 2. The molecule has 0 aromatic heterocycles. The van der Waals surface area contributed by atoms with Crippen LogP contribution in [0.5, 0.6) is 0 Å². The molecule has 0 aromatic rings. The summed E-state index contributed by atoms with van der Waals surface area (Å²) in [4.78, 5) is 39.1. The highest BCUT2D eigenvalue weighted by Gasteiger charge is 2.58. The van der Waals surface area contributed by atoms with Gasteiger partial charge in [-0.1, -0.05) is 13.8 Å². The molecule has 6 atom stereocenters. The number of rotatable bonds is 10. The second kappa shape index (κ2) is 10.1. The van der Waals surface area contributed by atoms with Gasteiger partial charge in [-0.25, -0.2) is 9.86 Å². The average Bonchev–Trinajstić information content (AvgIpc) is 3.30. The van der Waals surface area contributed by atoms with E-state index in [4.69, 9.17) is 0 Å². The summed E-state index contributed by atoms with van der Waals surface area (Å²) in [6.07, 6.45) is 1.00. The Bertz CT molecular complexity index is 763. The van der Waals surface area contributed by atoms with Crippen LogP contribution in [0.1, 0.15) is 33.6 Å². The number of aliphatic hydroxyl groups excluding tert-OH is 1. The van der Waals surface area contributed by atoms with E-state index in [0.717, 1.165) is 10.8 Å². The van der Waals surface area contributed by atoms with Gasteiger partial charge in [0.1, 0.15) is 10.9 Å². The number of aliphatic hydroxyl groups is 1. The predicted octanol–water partition coefficient (Wildman–Crippen LogP) is 0.965. The van der Waals surface area contributed by atoms with Crippen molar-refractivity contribution >= 4 is 41.3 Å². The number of thioether (sulfide) groups is 2. The third-order valence-corrected chi connectivity index (χ3v) is 8.97. The molecule has 31 heavy (non-hydrogen) atoms. The monoisotopic (exact) mass is 473 g/mol. The number of hydrogen-bond acceptors (Lipinski definition) is 8. The zero-order chi connectivity index (χ0) is 22.9. The number of nitrogens with one attached hydrogen (secondary N) is 1. The molecule has 4 N–H and O–H groups in total. The van der Waals surface area contributed by atoms with E-state index in [9.17, 15) is 29.8 Å². The van der Waals surface area contributed by atoms with E-state index in [1.54, 1.807) is 6.92 Å². The molecular formula is C20H31N3O6S2. The first-order valence-corrected chi connectivity index (χ1v) is 12.6. The minimum Gasteiger partial charge on any atom is -0.477 e. The van der Waals surface area contributed by atoms with Crippen molar-refractivity contribution in [2.45, 2.75) is 56.2 Å². The summed E-state index contributed by atoms with van der Waals surface area (Å²) in [7, 11) is 0. The fraction of sp³-hybridized carbons (Fsp3) is 0.750. The molecule has 9 nitrogen and oxygen atoms in total. The number of hydroxylamine groups is 2. The second-order valence-electron chi connectivity index (χ2n) is 8.04. The summed E-state index contributed by atoms with van der Waals surface area (Å²) in [5.41, 5.74) is 0.0632. The van der Waals surface area contributed by atoms with Gasteiger partial charge in [-0.15, -0.1) is 23.5 Å². The molecule has 0 aromatic carbocycles. The Morgan fingerprint density at radius 1 is 1.35 bits per heavy atom. The van der Waals surface area contributed by atoms with Crippen LogP contribution in [-0.2, 0) is 14.4 Å². The van der Waals surface area contributed by atoms with Gasteiger partial charge in [0, 0.05) is 41.8 Å². The van der Waals surface area contributed by atoms with Gasteiger partial charge in [-0.2, -0.15) is 0 Å². The van der Waals surface area contributed by atoms with Crippen LogP contribution in [0.25, 0.3) is 0 Å². The number of carboxylic acid groups (broad SMARTS) is 1. The van der Waals surface area contributed by atoms with E-state index < -0.39 is 11.2 Å². The van der Waals surface area contributed by atoms with Crippen LogP contribution in [0, 0.1) is 11.8 Å². The number of hydrogen-bond donors (Lipinski definition) is 4. The van der Waals surface area contributed by atoms with Crippen molar-refractivity contribution in [2.75, 3.05) is 25.4 Å². The molecule has 3 aliphatic rings. The molecule has 0 unspecified atom stereocenters. The maximum absolute atomic E-state index is 12.6. The maximum Gasteiger partial charge on any atom is 0.353 e. The zero-order valence-electron chi connectivity index (χ0n) is 18.0. The first kappa shape index (κ1) is 24.4. The Labute approximate surface area is 190 Å². The SMILES string of the molecule is CCS[C@@H](C(=O)N(O)CC)[C@@H]1C[C@H](SC2=C(C(=O)O)N3C(=O)[C@@H](CCO)[C@H]3[C@H]2C)CN1. The van der Waals surface area contributed by atoms with E-state index in [-0.39, 0.29) is 59.8 Å². The Morgan fingerprint density at radius 3 is 2.65 bits per heavy atom. The normalized spacial score (nSPS) is 30.9. The molecule has 2 amide bonds. The number of carbonyl (C=O) groups excluding carboxylic acids is 2. The molecule has 2 fully saturated rings. The largest absolute Gasteiger partial charge is 0.477 e. The molecule has 11 heteroatoms. The van der Waals surface area contributed by atoms with Crippen LogP contribution in [0.2, 0.25) is 0 Å². The lowest BCUT2D eigenvalue weighted by molar-refractivity contribution is -0.164. The fourth-order valence-corrected chi connectivity index (χ4v) is 7.33. The smallest absolute Gasteiger partial charge is 0.353 e. The van der Waals surface area contributed by atoms with Gasteiger partial charge in [0.15, 0.2) is 0 Å².